The number of pyridine rings is 1. The number of anilines is 1. The molecule has 0 bridgehead atoms. The predicted octanol–water partition coefficient (Wildman–Crippen LogP) is 2.82. The molecule has 0 aliphatic carbocycles. The van der Waals surface area contributed by atoms with Crippen LogP contribution in [-0.4, -0.2) is 24.1 Å². The minimum atomic E-state index is 0.497. The quantitative estimate of drug-likeness (QED) is 0.787. The molecule has 0 aliphatic heterocycles. The largest absolute Gasteiger partial charge is 0.354 e. The molecule has 1 aromatic rings. The van der Waals surface area contributed by atoms with Crippen molar-refractivity contribution in [1.82, 2.24) is 10.3 Å². The fourth-order valence-electron chi connectivity index (χ4n) is 1.88. The van der Waals surface area contributed by atoms with Gasteiger partial charge in [-0.1, -0.05) is 13.8 Å². The number of aromatic nitrogens is 1. The van der Waals surface area contributed by atoms with Gasteiger partial charge < -0.3 is 10.2 Å². The molecule has 1 N–H and O–H groups in total. The Labute approximate surface area is 105 Å². The van der Waals surface area contributed by atoms with Gasteiger partial charge in [-0.25, -0.2) is 4.98 Å². The van der Waals surface area contributed by atoms with Gasteiger partial charge in [-0.2, -0.15) is 0 Å². The topological polar surface area (TPSA) is 28.2 Å². The van der Waals surface area contributed by atoms with Crippen LogP contribution < -0.4 is 10.2 Å². The first-order chi connectivity index (χ1) is 8.19. The Morgan fingerprint density at radius 3 is 2.71 bits per heavy atom. The zero-order valence-electron chi connectivity index (χ0n) is 11.5. The van der Waals surface area contributed by atoms with Crippen molar-refractivity contribution in [3.8, 4) is 0 Å². The zero-order chi connectivity index (χ0) is 12.7. The van der Waals surface area contributed by atoms with Crippen LogP contribution in [-0.2, 0) is 6.54 Å². The number of hydrogen-bond donors (Lipinski definition) is 1. The molecule has 0 saturated heterocycles. The number of nitrogens with zero attached hydrogens (tertiary/aromatic N) is 2. The Morgan fingerprint density at radius 1 is 1.35 bits per heavy atom. The normalized spacial score (nSPS) is 10.9. The second-order valence-corrected chi connectivity index (χ2v) is 4.59. The van der Waals surface area contributed by atoms with Gasteiger partial charge in [0.2, 0.25) is 0 Å². The van der Waals surface area contributed by atoms with Crippen LogP contribution in [0.5, 0.6) is 0 Å². The first-order valence-electron chi connectivity index (χ1n) is 6.61. The first kappa shape index (κ1) is 14.0. The minimum Gasteiger partial charge on any atom is -0.354 e. The Hall–Kier alpha value is -1.09. The number of rotatable bonds is 7. The molecule has 0 aliphatic rings. The predicted molar refractivity (Wildman–Crippen MR) is 74.4 cm³/mol. The molecule has 0 amide bonds. The van der Waals surface area contributed by atoms with Gasteiger partial charge in [-0.05, 0) is 44.5 Å². The Bertz CT molecular complexity index is 323. The van der Waals surface area contributed by atoms with Gasteiger partial charge in [0.15, 0.2) is 0 Å². The Kier molecular flexibility index (Phi) is 5.98. The molecule has 17 heavy (non-hydrogen) atoms. The molecule has 96 valence electrons. The highest BCUT2D eigenvalue weighted by Crippen LogP contribution is 2.16. The van der Waals surface area contributed by atoms with Crippen LogP contribution in [0.3, 0.4) is 0 Å². The average molecular weight is 235 g/mol. The van der Waals surface area contributed by atoms with E-state index in [-0.39, 0.29) is 0 Å². The van der Waals surface area contributed by atoms with Gasteiger partial charge in [0.1, 0.15) is 5.82 Å². The highest BCUT2D eigenvalue weighted by molar-refractivity contribution is 5.41. The summed E-state index contributed by atoms with van der Waals surface area (Å²) >= 11 is 0. The van der Waals surface area contributed by atoms with E-state index in [1.165, 1.54) is 5.56 Å². The lowest BCUT2D eigenvalue weighted by molar-refractivity contribution is 0.660. The van der Waals surface area contributed by atoms with Crippen LogP contribution in [0.15, 0.2) is 18.3 Å². The molecule has 0 unspecified atom stereocenters. The van der Waals surface area contributed by atoms with Gasteiger partial charge in [-0.3, -0.25) is 0 Å². The van der Waals surface area contributed by atoms with Gasteiger partial charge in [0.05, 0.1) is 0 Å². The molecular weight excluding hydrogens is 210 g/mol. The lowest BCUT2D eigenvalue weighted by atomic mass is 10.2. The van der Waals surface area contributed by atoms with Gasteiger partial charge in [0, 0.05) is 25.3 Å². The van der Waals surface area contributed by atoms with Crippen molar-refractivity contribution in [3.05, 3.63) is 23.9 Å². The van der Waals surface area contributed by atoms with E-state index in [9.17, 15) is 0 Å². The lowest BCUT2D eigenvalue weighted by Crippen LogP contribution is -2.32. The fourth-order valence-corrected chi connectivity index (χ4v) is 1.88. The monoisotopic (exact) mass is 235 g/mol. The lowest BCUT2D eigenvalue weighted by Gasteiger charge is -2.27. The maximum Gasteiger partial charge on any atom is 0.129 e. The summed E-state index contributed by atoms with van der Waals surface area (Å²) in [7, 11) is 0. The molecule has 0 spiro atoms. The molecule has 3 heteroatoms. The average Bonchev–Trinajstić information content (AvgIpc) is 2.33. The summed E-state index contributed by atoms with van der Waals surface area (Å²) in [6, 6.07) is 4.77. The van der Waals surface area contributed by atoms with Crippen molar-refractivity contribution < 1.29 is 0 Å². The van der Waals surface area contributed by atoms with E-state index < -0.39 is 0 Å². The van der Waals surface area contributed by atoms with Crippen LogP contribution in [0.4, 0.5) is 5.82 Å². The van der Waals surface area contributed by atoms with E-state index in [0.29, 0.717) is 6.04 Å². The van der Waals surface area contributed by atoms with E-state index in [2.05, 4.69) is 55.0 Å². The fraction of sp³-hybridized carbons (Fsp3) is 0.643. The second-order valence-electron chi connectivity index (χ2n) is 4.59. The summed E-state index contributed by atoms with van der Waals surface area (Å²) in [5.74, 6) is 1.09. The summed E-state index contributed by atoms with van der Waals surface area (Å²) < 4.78 is 0. The molecule has 0 fully saturated rings. The first-order valence-corrected chi connectivity index (χ1v) is 6.61. The van der Waals surface area contributed by atoms with E-state index in [0.717, 1.165) is 31.9 Å². The summed E-state index contributed by atoms with van der Waals surface area (Å²) in [4.78, 5) is 6.84. The van der Waals surface area contributed by atoms with Crippen LogP contribution in [0.1, 0.15) is 39.7 Å². The molecule has 0 saturated carbocycles. The number of nitrogens with one attached hydrogen (secondary N) is 1. The number of hydrogen-bond acceptors (Lipinski definition) is 3. The molecule has 1 rings (SSSR count). The summed E-state index contributed by atoms with van der Waals surface area (Å²) in [5, 5.41) is 3.35. The third-order valence-corrected chi connectivity index (χ3v) is 2.77. The van der Waals surface area contributed by atoms with Crippen LogP contribution in [0.25, 0.3) is 0 Å². The van der Waals surface area contributed by atoms with Crippen molar-refractivity contribution in [3.63, 3.8) is 0 Å². The molecule has 0 aromatic carbocycles. The zero-order valence-corrected chi connectivity index (χ0v) is 11.5. The summed E-state index contributed by atoms with van der Waals surface area (Å²) in [6.07, 6.45) is 3.06. The standard InChI is InChI=1S/C14H25N3/c1-5-9-17(12(3)4)14-10-13(7-8-16-14)11-15-6-2/h7-8,10,12,15H,5-6,9,11H2,1-4H3. The molecule has 0 radical (unpaired) electrons. The molecule has 3 nitrogen and oxygen atoms in total. The maximum absolute atomic E-state index is 4.49. The van der Waals surface area contributed by atoms with E-state index >= 15 is 0 Å². The molecule has 1 aromatic heterocycles. The minimum absolute atomic E-state index is 0.497. The molecule has 0 atom stereocenters. The summed E-state index contributed by atoms with van der Waals surface area (Å²) in [5.41, 5.74) is 1.30. The van der Waals surface area contributed by atoms with Gasteiger partial charge in [0.25, 0.3) is 0 Å². The van der Waals surface area contributed by atoms with Crippen LogP contribution in [0.2, 0.25) is 0 Å². The van der Waals surface area contributed by atoms with Crippen LogP contribution >= 0.6 is 0 Å². The SMILES string of the molecule is CCCN(c1cc(CNCC)ccn1)C(C)C. The van der Waals surface area contributed by atoms with Crippen molar-refractivity contribution in [2.24, 2.45) is 0 Å². The highest BCUT2D eigenvalue weighted by atomic mass is 15.2. The van der Waals surface area contributed by atoms with Gasteiger partial charge >= 0.3 is 0 Å². The third-order valence-electron chi connectivity index (χ3n) is 2.77. The molecular formula is C14H25N3. The second kappa shape index (κ2) is 7.28. The van der Waals surface area contributed by atoms with Crippen molar-refractivity contribution in [2.75, 3.05) is 18.0 Å². The smallest absolute Gasteiger partial charge is 0.129 e. The van der Waals surface area contributed by atoms with Crippen molar-refractivity contribution in [2.45, 2.75) is 46.7 Å². The third kappa shape index (κ3) is 4.35. The van der Waals surface area contributed by atoms with Crippen molar-refractivity contribution >= 4 is 5.82 Å². The van der Waals surface area contributed by atoms with E-state index in [4.69, 9.17) is 0 Å². The Morgan fingerprint density at radius 2 is 2.12 bits per heavy atom. The molecule has 1 heterocycles. The Balaban J connectivity index is 2.80. The summed E-state index contributed by atoms with van der Waals surface area (Å²) in [6.45, 7) is 11.8. The highest BCUT2D eigenvalue weighted by Gasteiger charge is 2.10. The van der Waals surface area contributed by atoms with Gasteiger partial charge in [-0.15, -0.1) is 0 Å². The van der Waals surface area contributed by atoms with E-state index in [1.807, 2.05) is 6.20 Å². The van der Waals surface area contributed by atoms with E-state index in [1.54, 1.807) is 0 Å². The van der Waals surface area contributed by atoms with Crippen molar-refractivity contribution in [1.29, 1.82) is 0 Å². The maximum atomic E-state index is 4.49. The van der Waals surface area contributed by atoms with Crippen LogP contribution in [0, 0.1) is 0 Å².